The molecule has 1 aromatic heterocycles. The Bertz CT molecular complexity index is 300. The maximum atomic E-state index is 4.04. The molecule has 14 heavy (non-hydrogen) atoms. The maximum Gasteiger partial charge on any atom is 0.138 e. The number of nitrogens with zero attached hydrogens (tertiary/aromatic N) is 3. The van der Waals surface area contributed by atoms with Crippen LogP contribution in [0.5, 0.6) is 0 Å². The minimum atomic E-state index is 0.313. The third-order valence-corrected chi connectivity index (χ3v) is 2.10. The maximum absolute atomic E-state index is 4.04. The van der Waals surface area contributed by atoms with Gasteiger partial charge in [0.25, 0.3) is 0 Å². The van der Waals surface area contributed by atoms with Crippen LogP contribution < -0.4 is 5.32 Å². The molecular weight excluding hydrogens is 176 g/mol. The van der Waals surface area contributed by atoms with E-state index in [0.29, 0.717) is 6.04 Å². The van der Waals surface area contributed by atoms with Crippen LogP contribution in [0.2, 0.25) is 0 Å². The van der Waals surface area contributed by atoms with Gasteiger partial charge in [-0.15, -0.1) is 6.58 Å². The van der Waals surface area contributed by atoms with Gasteiger partial charge in [-0.25, -0.2) is 9.67 Å². The van der Waals surface area contributed by atoms with Crippen LogP contribution in [0.15, 0.2) is 31.4 Å². The van der Waals surface area contributed by atoms with Gasteiger partial charge >= 0.3 is 0 Å². The molecule has 1 rings (SSSR count). The van der Waals surface area contributed by atoms with Crippen molar-refractivity contribution in [2.24, 2.45) is 0 Å². The summed E-state index contributed by atoms with van der Waals surface area (Å²) in [6, 6.07) is 0.313. The molecule has 1 atom stereocenters. The molecular formula is C10H16N4. The van der Waals surface area contributed by atoms with Gasteiger partial charge in [0.05, 0.1) is 0 Å². The molecule has 0 amide bonds. The minimum Gasteiger partial charge on any atom is -0.313 e. The molecule has 0 fully saturated rings. The first-order chi connectivity index (χ1) is 6.77. The zero-order valence-electron chi connectivity index (χ0n) is 8.64. The van der Waals surface area contributed by atoms with Gasteiger partial charge in [0.2, 0.25) is 0 Å². The molecule has 0 saturated heterocycles. The lowest BCUT2D eigenvalue weighted by Crippen LogP contribution is -2.21. The van der Waals surface area contributed by atoms with Crippen molar-refractivity contribution in [3.05, 3.63) is 31.4 Å². The highest BCUT2D eigenvalue weighted by Crippen LogP contribution is 2.03. The van der Waals surface area contributed by atoms with Gasteiger partial charge in [-0.3, -0.25) is 0 Å². The highest BCUT2D eigenvalue weighted by Gasteiger charge is 1.98. The van der Waals surface area contributed by atoms with Crippen LogP contribution in [-0.2, 0) is 0 Å². The Morgan fingerprint density at radius 1 is 1.71 bits per heavy atom. The lowest BCUT2D eigenvalue weighted by Gasteiger charge is -2.08. The number of hydrogen-bond acceptors (Lipinski definition) is 3. The molecule has 0 bridgehead atoms. The van der Waals surface area contributed by atoms with E-state index in [1.54, 1.807) is 11.0 Å². The topological polar surface area (TPSA) is 42.7 Å². The summed E-state index contributed by atoms with van der Waals surface area (Å²) in [6.45, 7) is 5.75. The van der Waals surface area contributed by atoms with E-state index in [9.17, 15) is 0 Å². The van der Waals surface area contributed by atoms with Crippen molar-refractivity contribution in [3.8, 4) is 0 Å². The van der Waals surface area contributed by atoms with Crippen molar-refractivity contribution in [2.75, 3.05) is 7.05 Å². The summed E-state index contributed by atoms with van der Waals surface area (Å²) in [7, 11) is 1.92. The Kier molecular flexibility index (Phi) is 4.07. The van der Waals surface area contributed by atoms with Crippen LogP contribution in [0.3, 0.4) is 0 Å². The number of likely N-dealkylation sites (N-methyl/N-ethyl adjacent to an activating group) is 1. The molecule has 4 nitrogen and oxygen atoms in total. The van der Waals surface area contributed by atoms with Crippen molar-refractivity contribution >= 4 is 5.70 Å². The lowest BCUT2D eigenvalue weighted by atomic mass is 10.2. The van der Waals surface area contributed by atoms with Gasteiger partial charge in [0.15, 0.2) is 0 Å². The first-order valence-electron chi connectivity index (χ1n) is 4.59. The molecule has 0 radical (unpaired) electrons. The molecule has 0 aliphatic rings. The quantitative estimate of drug-likeness (QED) is 0.715. The monoisotopic (exact) mass is 192 g/mol. The van der Waals surface area contributed by atoms with Crippen molar-refractivity contribution in [2.45, 2.75) is 19.4 Å². The number of aromatic nitrogens is 3. The second kappa shape index (κ2) is 5.34. The predicted molar refractivity (Wildman–Crippen MR) is 57.6 cm³/mol. The number of nitrogens with one attached hydrogen (secondary N) is 1. The zero-order valence-corrected chi connectivity index (χ0v) is 8.64. The summed E-state index contributed by atoms with van der Waals surface area (Å²) in [5.41, 5.74) is 1.07. The molecule has 0 saturated carbocycles. The third kappa shape index (κ3) is 2.81. The normalized spacial score (nSPS) is 14.0. The fraction of sp³-hybridized carbons (Fsp3) is 0.400. The molecule has 1 unspecified atom stereocenters. The van der Waals surface area contributed by atoms with E-state index in [0.717, 1.165) is 12.1 Å². The van der Waals surface area contributed by atoms with E-state index in [2.05, 4.69) is 28.1 Å². The minimum absolute atomic E-state index is 0.313. The summed E-state index contributed by atoms with van der Waals surface area (Å²) in [4.78, 5) is 3.89. The summed E-state index contributed by atoms with van der Waals surface area (Å²) in [5, 5.41) is 7.18. The molecule has 1 N–H and O–H groups in total. The molecule has 1 heterocycles. The van der Waals surface area contributed by atoms with Crippen LogP contribution in [0.1, 0.15) is 13.3 Å². The fourth-order valence-corrected chi connectivity index (χ4v) is 1.11. The van der Waals surface area contributed by atoms with Gasteiger partial charge in [-0.1, -0.05) is 12.2 Å². The van der Waals surface area contributed by atoms with Crippen molar-refractivity contribution in [3.63, 3.8) is 0 Å². The Balaban J connectivity index is 2.56. The standard InChI is InChI=1S/C10H16N4/c1-4-10(11-3)6-5-9(2)14-8-12-7-13-14/h4-5,7-8,10-11H,1,6H2,2-3H3/b9-5+. The van der Waals surface area contributed by atoms with E-state index in [1.165, 1.54) is 6.33 Å². The zero-order chi connectivity index (χ0) is 10.4. The molecule has 0 aliphatic carbocycles. The summed E-state index contributed by atoms with van der Waals surface area (Å²) in [5.74, 6) is 0. The van der Waals surface area contributed by atoms with E-state index in [4.69, 9.17) is 0 Å². The average molecular weight is 192 g/mol. The second-order valence-electron chi connectivity index (χ2n) is 3.05. The SMILES string of the molecule is C=CC(C/C=C(\C)n1cncn1)NC. The van der Waals surface area contributed by atoms with Gasteiger partial charge in [0.1, 0.15) is 12.7 Å². The number of allylic oxidation sites excluding steroid dienone is 1. The van der Waals surface area contributed by atoms with Crippen molar-refractivity contribution in [1.82, 2.24) is 20.1 Å². The molecule has 0 aromatic carbocycles. The predicted octanol–water partition coefficient (Wildman–Crippen LogP) is 1.30. The van der Waals surface area contributed by atoms with E-state index < -0.39 is 0 Å². The largest absolute Gasteiger partial charge is 0.313 e. The first-order valence-corrected chi connectivity index (χ1v) is 4.59. The summed E-state index contributed by atoms with van der Waals surface area (Å²) in [6.07, 6.45) is 8.13. The van der Waals surface area contributed by atoms with E-state index in [-0.39, 0.29) is 0 Å². The van der Waals surface area contributed by atoms with Gasteiger partial charge in [-0.05, 0) is 20.4 Å². The fourth-order valence-electron chi connectivity index (χ4n) is 1.11. The molecule has 0 aliphatic heterocycles. The van der Waals surface area contributed by atoms with Gasteiger partial charge < -0.3 is 5.32 Å². The first kappa shape index (κ1) is 10.7. The number of rotatable bonds is 5. The highest BCUT2D eigenvalue weighted by atomic mass is 15.3. The average Bonchev–Trinajstić information content (AvgIpc) is 2.72. The number of hydrogen-bond donors (Lipinski definition) is 1. The van der Waals surface area contributed by atoms with Crippen LogP contribution >= 0.6 is 0 Å². The van der Waals surface area contributed by atoms with E-state index >= 15 is 0 Å². The summed E-state index contributed by atoms with van der Waals surface area (Å²) < 4.78 is 1.75. The molecule has 76 valence electrons. The lowest BCUT2D eigenvalue weighted by molar-refractivity contribution is 0.676. The molecule has 1 aromatic rings. The highest BCUT2D eigenvalue weighted by molar-refractivity contribution is 5.39. The Hall–Kier alpha value is -1.42. The summed E-state index contributed by atoms with van der Waals surface area (Å²) >= 11 is 0. The molecule has 0 spiro atoms. The Morgan fingerprint density at radius 2 is 2.50 bits per heavy atom. The van der Waals surface area contributed by atoms with Gasteiger partial charge in [0, 0.05) is 11.7 Å². The van der Waals surface area contributed by atoms with Crippen molar-refractivity contribution in [1.29, 1.82) is 0 Å². The van der Waals surface area contributed by atoms with Crippen LogP contribution in [0.4, 0.5) is 0 Å². The van der Waals surface area contributed by atoms with Crippen LogP contribution in [0.25, 0.3) is 5.70 Å². The third-order valence-electron chi connectivity index (χ3n) is 2.10. The Labute approximate surface area is 84.3 Å². The van der Waals surface area contributed by atoms with Crippen LogP contribution in [0, 0.1) is 0 Å². The van der Waals surface area contributed by atoms with Crippen LogP contribution in [-0.4, -0.2) is 27.9 Å². The van der Waals surface area contributed by atoms with Crippen molar-refractivity contribution < 1.29 is 0 Å². The van der Waals surface area contributed by atoms with E-state index in [1.807, 2.05) is 20.0 Å². The van der Waals surface area contributed by atoms with Gasteiger partial charge in [-0.2, -0.15) is 5.10 Å². The Morgan fingerprint density at radius 3 is 3.00 bits per heavy atom. The smallest absolute Gasteiger partial charge is 0.138 e. The molecule has 4 heteroatoms. The second-order valence-corrected chi connectivity index (χ2v) is 3.05.